The Morgan fingerprint density at radius 1 is 1.14 bits per heavy atom. The maximum absolute atomic E-state index is 12.4. The van der Waals surface area contributed by atoms with Crippen LogP contribution < -0.4 is 5.11 Å². The molecule has 1 aliphatic rings. The number of piperazine rings is 1. The number of hydrogen-bond acceptors (Lipinski definition) is 5. The fourth-order valence-electron chi connectivity index (χ4n) is 2.18. The highest BCUT2D eigenvalue weighted by Gasteiger charge is 2.29. The van der Waals surface area contributed by atoms with Gasteiger partial charge in [0.2, 0.25) is 15.9 Å². The van der Waals surface area contributed by atoms with Crippen molar-refractivity contribution in [2.45, 2.75) is 11.8 Å². The van der Waals surface area contributed by atoms with Gasteiger partial charge < -0.3 is 14.8 Å². The molecule has 0 bridgehead atoms. The molecule has 1 saturated heterocycles. The van der Waals surface area contributed by atoms with Gasteiger partial charge in [0.15, 0.2) is 0 Å². The lowest BCUT2D eigenvalue weighted by Crippen LogP contribution is -2.49. The van der Waals surface area contributed by atoms with Crippen LogP contribution in [0, 0.1) is 0 Å². The molecule has 0 N–H and O–H groups in total. The Kier molecular flexibility index (Phi) is 4.29. The number of hydrogen-bond donors (Lipinski definition) is 0. The molecule has 8 heteroatoms. The van der Waals surface area contributed by atoms with Crippen molar-refractivity contribution in [3.05, 3.63) is 29.8 Å². The van der Waals surface area contributed by atoms with Crippen molar-refractivity contribution in [2.75, 3.05) is 26.2 Å². The summed E-state index contributed by atoms with van der Waals surface area (Å²) in [7, 11) is -3.76. The Morgan fingerprint density at radius 3 is 2.29 bits per heavy atom. The van der Waals surface area contributed by atoms with Crippen molar-refractivity contribution in [3.8, 4) is 0 Å². The summed E-state index contributed by atoms with van der Waals surface area (Å²) in [6.07, 6.45) is 0. The largest absolute Gasteiger partial charge is 0.545 e. The van der Waals surface area contributed by atoms with E-state index >= 15 is 0 Å². The van der Waals surface area contributed by atoms with Crippen LogP contribution in [0.5, 0.6) is 0 Å². The number of aromatic carboxylic acids is 1. The van der Waals surface area contributed by atoms with Crippen molar-refractivity contribution in [1.82, 2.24) is 9.21 Å². The molecule has 0 aromatic heterocycles. The number of carboxylic acid groups (broad SMARTS) is 1. The minimum atomic E-state index is -3.76. The van der Waals surface area contributed by atoms with Gasteiger partial charge in [0.25, 0.3) is 0 Å². The van der Waals surface area contributed by atoms with Crippen LogP contribution in [-0.4, -0.2) is 55.7 Å². The summed E-state index contributed by atoms with van der Waals surface area (Å²) in [5, 5.41) is 10.8. The third kappa shape index (κ3) is 3.22. The van der Waals surface area contributed by atoms with Gasteiger partial charge in [0, 0.05) is 33.1 Å². The smallest absolute Gasteiger partial charge is 0.243 e. The number of sulfonamides is 1. The first-order valence-corrected chi connectivity index (χ1v) is 7.83. The second-order valence-electron chi connectivity index (χ2n) is 4.73. The van der Waals surface area contributed by atoms with Crippen molar-refractivity contribution < 1.29 is 23.1 Å². The fourth-order valence-corrected chi connectivity index (χ4v) is 3.64. The van der Waals surface area contributed by atoms with E-state index in [-0.39, 0.29) is 29.5 Å². The summed E-state index contributed by atoms with van der Waals surface area (Å²) in [5.74, 6) is -1.51. The molecule has 1 fully saturated rings. The number of carboxylic acids is 1. The summed E-state index contributed by atoms with van der Waals surface area (Å²) >= 11 is 0. The summed E-state index contributed by atoms with van der Waals surface area (Å²) < 4.78 is 26.1. The van der Waals surface area contributed by atoms with E-state index in [9.17, 15) is 23.1 Å². The highest BCUT2D eigenvalue weighted by atomic mass is 32.2. The van der Waals surface area contributed by atoms with Gasteiger partial charge in [0.05, 0.1) is 10.9 Å². The molecule has 0 atom stereocenters. The molecule has 7 nitrogen and oxygen atoms in total. The summed E-state index contributed by atoms with van der Waals surface area (Å²) in [4.78, 5) is 23.5. The van der Waals surface area contributed by atoms with Gasteiger partial charge in [-0.1, -0.05) is 12.1 Å². The third-order valence-corrected chi connectivity index (χ3v) is 5.29. The zero-order valence-electron chi connectivity index (χ0n) is 11.5. The number of benzene rings is 1. The first-order valence-electron chi connectivity index (χ1n) is 6.39. The second kappa shape index (κ2) is 5.82. The number of nitrogens with zero attached hydrogens (tertiary/aromatic N) is 2. The van der Waals surface area contributed by atoms with Crippen LogP contribution in [-0.2, 0) is 14.8 Å². The molecule has 1 aromatic rings. The zero-order chi connectivity index (χ0) is 15.6. The first kappa shape index (κ1) is 15.5. The maximum Gasteiger partial charge on any atom is 0.243 e. The van der Waals surface area contributed by atoms with Crippen LogP contribution in [0.25, 0.3) is 0 Å². The molecule has 21 heavy (non-hydrogen) atoms. The topological polar surface area (TPSA) is 97.8 Å². The van der Waals surface area contributed by atoms with Crippen molar-refractivity contribution in [3.63, 3.8) is 0 Å². The Balaban J connectivity index is 2.21. The summed E-state index contributed by atoms with van der Waals surface area (Å²) in [6.45, 7) is 2.48. The quantitative estimate of drug-likeness (QED) is 0.706. The van der Waals surface area contributed by atoms with Crippen molar-refractivity contribution >= 4 is 21.9 Å². The molecule has 114 valence electrons. The Hall–Kier alpha value is -1.93. The summed E-state index contributed by atoms with van der Waals surface area (Å²) in [5.41, 5.74) is -0.182. The van der Waals surface area contributed by atoms with Crippen LogP contribution in [0.1, 0.15) is 17.3 Å². The molecule has 0 unspecified atom stereocenters. The van der Waals surface area contributed by atoms with Gasteiger partial charge >= 0.3 is 0 Å². The molecule has 0 aliphatic carbocycles. The molecular formula is C13H15N2O5S-. The number of carbonyl (C=O) groups is 2. The molecule has 0 radical (unpaired) electrons. The predicted octanol–water partition coefficient (Wildman–Crippen LogP) is -1.10. The third-order valence-electron chi connectivity index (χ3n) is 3.39. The van der Waals surface area contributed by atoms with E-state index in [1.165, 1.54) is 29.4 Å². The van der Waals surface area contributed by atoms with Crippen LogP contribution in [0.2, 0.25) is 0 Å². The van der Waals surface area contributed by atoms with Crippen molar-refractivity contribution in [2.24, 2.45) is 0 Å². The van der Waals surface area contributed by atoms with Crippen LogP contribution in [0.4, 0.5) is 0 Å². The molecule has 1 aliphatic heterocycles. The van der Waals surface area contributed by atoms with E-state index < -0.39 is 16.0 Å². The van der Waals surface area contributed by atoms with Crippen molar-refractivity contribution in [1.29, 1.82) is 0 Å². The monoisotopic (exact) mass is 311 g/mol. The van der Waals surface area contributed by atoms with E-state index in [4.69, 9.17) is 0 Å². The van der Waals surface area contributed by atoms with E-state index in [0.717, 1.165) is 6.07 Å². The normalized spacial score (nSPS) is 16.7. The molecule has 0 spiro atoms. The van der Waals surface area contributed by atoms with E-state index in [2.05, 4.69) is 0 Å². The van der Waals surface area contributed by atoms with Gasteiger partial charge in [0.1, 0.15) is 0 Å². The highest BCUT2D eigenvalue weighted by molar-refractivity contribution is 7.89. The Bertz CT molecular complexity index is 663. The highest BCUT2D eigenvalue weighted by Crippen LogP contribution is 2.18. The SMILES string of the molecule is CC(=O)N1CCN(S(=O)(=O)c2cccc(C(=O)[O-])c2)CC1. The molecule has 2 rings (SSSR count). The molecule has 0 saturated carbocycles. The number of carbonyl (C=O) groups excluding carboxylic acids is 2. The minimum absolute atomic E-state index is 0.0829. The van der Waals surface area contributed by atoms with Gasteiger partial charge in [-0.15, -0.1) is 0 Å². The van der Waals surface area contributed by atoms with Gasteiger partial charge in [-0.05, 0) is 17.7 Å². The molecular weight excluding hydrogens is 296 g/mol. The maximum atomic E-state index is 12.4. The standard InChI is InChI=1S/C13H16N2O5S/c1-10(16)14-5-7-15(8-6-14)21(19,20)12-4-2-3-11(9-12)13(17)18/h2-4,9H,5-8H2,1H3,(H,17,18)/p-1. The van der Waals surface area contributed by atoms with Gasteiger partial charge in [-0.2, -0.15) is 4.31 Å². The number of amides is 1. The van der Waals surface area contributed by atoms with Crippen LogP contribution in [0.3, 0.4) is 0 Å². The Morgan fingerprint density at radius 2 is 1.76 bits per heavy atom. The van der Waals surface area contributed by atoms with Gasteiger partial charge in [-0.25, -0.2) is 8.42 Å². The zero-order valence-corrected chi connectivity index (χ0v) is 12.3. The second-order valence-corrected chi connectivity index (χ2v) is 6.66. The Labute approximate surface area is 122 Å². The van der Waals surface area contributed by atoms with Crippen LogP contribution in [0.15, 0.2) is 29.2 Å². The lowest BCUT2D eigenvalue weighted by Gasteiger charge is -2.33. The fraction of sp³-hybridized carbons (Fsp3) is 0.385. The lowest BCUT2D eigenvalue weighted by atomic mass is 10.2. The first-order chi connectivity index (χ1) is 9.82. The van der Waals surface area contributed by atoms with E-state index in [1.807, 2.05) is 0 Å². The molecule has 1 heterocycles. The average Bonchev–Trinajstić information content (AvgIpc) is 2.47. The number of rotatable bonds is 3. The van der Waals surface area contributed by atoms with Crippen LogP contribution >= 0.6 is 0 Å². The lowest BCUT2D eigenvalue weighted by molar-refractivity contribution is -0.255. The molecule has 1 amide bonds. The summed E-state index contributed by atoms with van der Waals surface area (Å²) in [6, 6.07) is 5.08. The van der Waals surface area contributed by atoms with Gasteiger partial charge in [-0.3, -0.25) is 4.79 Å². The van der Waals surface area contributed by atoms with E-state index in [1.54, 1.807) is 4.90 Å². The average molecular weight is 311 g/mol. The predicted molar refractivity (Wildman–Crippen MR) is 71.8 cm³/mol. The minimum Gasteiger partial charge on any atom is -0.545 e. The molecule has 1 aromatic carbocycles. The van der Waals surface area contributed by atoms with E-state index in [0.29, 0.717) is 13.1 Å².